The second kappa shape index (κ2) is 10.9. The minimum absolute atomic E-state index is 0.279. The highest BCUT2D eigenvalue weighted by Gasteiger charge is 2.46. The summed E-state index contributed by atoms with van der Waals surface area (Å²) in [5, 5.41) is 9.54. The van der Waals surface area contributed by atoms with Gasteiger partial charge in [-0.15, -0.1) is 11.3 Å². The Morgan fingerprint density at radius 1 is 1.10 bits per heavy atom. The van der Waals surface area contributed by atoms with Crippen molar-refractivity contribution in [1.29, 1.82) is 5.26 Å². The molecule has 3 aliphatic heterocycles. The first-order chi connectivity index (χ1) is 19.5. The Labute approximate surface area is 244 Å². The first-order valence-electron chi connectivity index (χ1n) is 13.1. The van der Waals surface area contributed by atoms with Gasteiger partial charge in [-0.3, -0.25) is 4.57 Å². The molecule has 1 atom stereocenters. The van der Waals surface area contributed by atoms with Crippen molar-refractivity contribution in [3.8, 4) is 11.8 Å². The number of hydrogen-bond donors (Lipinski definition) is 3. The molecule has 0 spiro atoms. The predicted molar refractivity (Wildman–Crippen MR) is 149 cm³/mol. The molecule has 0 saturated carbocycles. The number of benzene rings is 2. The summed E-state index contributed by atoms with van der Waals surface area (Å²) in [6.07, 6.45) is -5.00. The molecule has 10 nitrogen and oxygen atoms in total. The second-order valence-corrected chi connectivity index (χ2v) is 15.9. The third-order valence-corrected chi connectivity index (χ3v) is 12.6. The van der Waals surface area contributed by atoms with Crippen LogP contribution in [0.2, 0.25) is 0 Å². The molecule has 42 heavy (non-hydrogen) atoms. The van der Waals surface area contributed by atoms with Gasteiger partial charge in [0.15, 0.2) is 0 Å². The lowest BCUT2D eigenvalue weighted by molar-refractivity contribution is -1.07. The zero-order chi connectivity index (χ0) is 30.6. The lowest BCUT2D eigenvalue weighted by Crippen LogP contribution is -2.74. The monoisotopic (exact) mass is 646 g/mol. The molecular formula is C26H30F3N4O6PS2+2. The van der Waals surface area contributed by atoms with E-state index < -0.39 is 46.3 Å². The number of rotatable bonds is 9. The number of nitriles is 1. The van der Waals surface area contributed by atoms with Crippen LogP contribution in [-0.2, 0) is 20.8 Å². The average Bonchev–Trinajstić information content (AvgIpc) is 3.36. The predicted octanol–water partition coefficient (Wildman–Crippen LogP) is 3.62. The summed E-state index contributed by atoms with van der Waals surface area (Å²) >= 11 is 0.842. The lowest BCUT2D eigenvalue weighted by atomic mass is 10.0. The zero-order valence-corrected chi connectivity index (χ0v) is 25.1. The Morgan fingerprint density at radius 2 is 1.76 bits per heavy atom. The van der Waals surface area contributed by atoms with Crippen molar-refractivity contribution in [3.05, 3.63) is 59.2 Å². The van der Waals surface area contributed by atoms with Crippen molar-refractivity contribution in [3.63, 3.8) is 0 Å². The fourth-order valence-electron chi connectivity index (χ4n) is 5.54. The van der Waals surface area contributed by atoms with E-state index in [0.29, 0.717) is 28.5 Å². The van der Waals surface area contributed by atoms with Crippen LogP contribution in [0.1, 0.15) is 22.5 Å². The smallest absolute Gasteiger partial charge is 0.417 e. The summed E-state index contributed by atoms with van der Waals surface area (Å²) in [4.78, 5) is 19.8. The third kappa shape index (κ3) is 6.36. The maximum absolute atomic E-state index is 13.5. The normalized spacial score (nSPS) is 23.5. The number of quaternary nitrogens is 2. The number of halogens is 3. The molecule has 0 aliphatic carbocycles. The fourth-order valence-corrected chi connectivity index (χ4v) is 9.51. The molecule has 3 aromatic rings. The fraction of sp³-hybridized carbons (Fsp3) is 0.423. The summed E-state index contributed by atoms with van der Waals surface area (Å²) in [5.74, 6) is -1.76. The highest BCUT2D eigenvalue weighted by Crippen LogP contribution is 2.51. The Morgan fingerprint density at radius 3 is 2.36 bits per heavy atom. The molecule has 16 heteroatoms. The third-order valence-electron chi connectivity index (χ3n) is 8.30. The number of thiophene rings is 1. The molecule has 2 bridgehead atoms. The topological polar surface area (TPSA) is 137 Å². The van der Waals surface area contributed by atoms with Gasteiger partial charge in [0.25, 0.3) is 10.0 Å². The number of fused-ring (bicyclic) bond motifs is 4. The summed E-state index contributed by atoms with van der Waals surface area (Å²) in [5.41, 5.74) is -2.83. The minimum Gasteiger partial charge on any atom is -0.488 e. The van der Waals surface area contributed by atoms with E-state index in [2.05, 4.69) is 7.05 Å². The van der Waals surface area contributed by atoms with Gasteiger partial charge in [-0.1, -0.05) is 6.07 Å². The van der Waals surface area contributed by atoms with Crippen LogP contribution in [0.5, 0.6) is 5.75 Å². The molecule has 4 heterocycles. The van der Waals surface area contributed by atoms with Crippen molar-refractivity contribution < 1.29 is 49.6 Å². The number of sulfonamides is 1. The van der Waals surface area contributed by atoms with Gasteiger partial charge in [0.2, 0.25) is 0 Å². The molecule has 6 rings (SSSR count). The van der Waals surface area contributed by atoms with Crippen LogP contribution in [-0.4, -0.2) is 86.6 Å². The molecule has 1 aromatic heterocycles. The average molecular weight is 647 g/mol. The maximum atomic E-state index is 13.5. The molecule has 2 aromatic carbocycles. The summed E-state index contributed by atoms with van der Waals surface area (Å²) in [7, 11) is -7.63. The van der Waals surface area contributed by atoms with Crippen molar-refractivity contribution >= 4 is 39.0 Å². The molecule has 3 aliphatic rings. The van der Waals surface area contributed by atoms with Crippen LogP contribution in [0, 0.1) is 11.3 Å². The summed E-state index contributed by atoms with van der Waals surface area (Å²) in [6, 6.07) is 9.78. The van der Waals surface area contributed by atoms with E-state index in [1.165, 1.54) is 12.1 Å². The Balaban J connectivity index is 1.34. The number of piperazine rings is 3. The van der Waals surface area contributed by atoms with Crippen LogP contribution >= 0.6 is 18.9 Å². The largest absolute Gasteiger partial charge is 0.488 e. The Bertz CT molecular complexity index is 1690. The molecule has 0 radical (unpaired) electrons. The number of ether oxygens (including phenoxy) is 1. The lowest BCUT2D eigenvalue weighted by Gasteiger charge is -2.53. The van der Waals surface area contributed by atoms with Gasteiger partial charge in [-0.2, -0.15) is 23.2 Å². The zero-order valence-electron chi connectivity index (χ0n) is 22.5. The van der Waals surface area contributed by atoms with Gasteiger partial charge in [-0.25, -0.2) is 8.42 Å². The molecular weight excluding hydrogens is 616 g/mol. The van der Waals surface area contributed by atoms with E-state index in [9.17, 15) is 35.9 Å². The number of hydrogen-bond acceptors (Lipinski definition) is 6. The first kappa shape index (κ1) is 30.9. The second-order valence-electron chi connectivity index (χ2n) is 11.2. The van der Waals surface area contributed by atoms with Crippen molar-refractivity contribution in [2.24, 2.45) is 0 Å². The molecule has 3 fully saturated rings. The van der Waals surface area contributed by atoms with Gasteiger partial charge >= 0.3 is 13.8 Å². The number of nitrogens with one attached hydrogen (secondary N) is 1. The van der Waals surface area contributed by atoms with E-state index in [1.54, 1.807) is 18.2 Å². The van der Waals surface area contributed by atoms with Gasteiger partial charge in [-0.05, 0) is 47.3 Å². The molecule has 0 amide bonds. The number of nitrogens with zero attached hydrogens (tertiary/aromatic N) is 3. The molecule has 3 N–H and O–H groups in total. The quantitative estimate of drug-likeness (QED) is 0.239. The van der Waals surface area contributed by atoms with Gasteiger partial charge < -0.3 is 23.5 Å². The van der Waals surface area contributed by atoms with Crippen molar-refractivity contribution in [2.45, 2.75) is 16.2 Å². The van der Waals surface area contributed by atoms with Gasteiger partial charge in [0.1, 0.15) is 68.2 Å². The van der Waals surface area contributed by atoms with Gasteiger partial charge in [0.05, 0.1) is 24.2 Å². The minimum atomic E-state index is -5.35. The SMILES string of the molecule is C[N+]12CC[N+](CCOc3ccc4sc(S(=O)(=O)NC(c5ccc(C#N)c(C(F)(F)F)c5)P(=O)(O)O)cc4c3)(CC1)CC2. The van der Waals surface area contributed by atoms with Crippen LogP contribution in [0.15, 0.2) is 46.7 Å². The highest BCUT2D eigenvalue weighted by atomic mass is 32.2. The molecule has 1 unspecified atom stereocenters. The first-order valence-corrected chi connectivity index (χ1v) is 17.0. The molecule has 226 valence electrons. The van der Waals surface area contributed by atoms with E-state index in [-0.39, 0.29) is 4.21 Å². The van der Waals surface area contributed by atoms with Crippen LogP contribution in [0.4, 0.5) is 13.2 Å². The van der Waals surface area contributed by atoms with Gasteiger partial charge in [0, 0.05) is 4.70 Å². The van der Waals surface area contributed by atoms with Crippen LogP contribution < -0.4 is 9.46 Å². The van der Waals surface area contributed by atoms with E-state index in [4.69, 9.17) is 10.00 Å². The standard InChI is InChI=1S/C26H28F3N4O6PS2/c1-32-6-9-33(10-7-32,11-8-32)12-13-39-21-4-5-23-20(14-21)16-24(41-23)42(37,38)31-25(40(34,35)36)18-2-3-19(17-30)22(15-18)26(27,28)29/h2-5,14-16,25,31H,6-13H2,1H3/p+2. The van der Waals surface area contributed by atoms with Crippen LogP contribution in [0.25, 0.3) is 10.1 Å². The summed E-state index contributed by atoms with van der Waals surface area (Å²) in [6.45, 7) is 8.20. The van der Waals surface area contributed by atoms with Crippen molar-refractivity contribution in [1.82, 2.24) is 4.72 Å². The van der Waals surface area contributed by atoms with E-state index in [1.807, 2.05) is 4.72 Å². The van der Waals surface area contributed by atoms with E-state index in [0.717, 1.165) is 78.2 Å². The van der Waals surface area contributed by atoms with Crippen LogP contribution in [0.3, 0.4) is 0 Å². The number of likely N-dealkylation sites (N-methyl/N-ethyl adjacent to an activating group) is 1. The maximum Gasteiger partial charge on any atom is 0.417 e. The Kier molecular flexibility index (Phi) is 8.00. The molecule has 3 saturated heterocycles. The summed E-state index contributed by atoms with van der Waals surface area (Å²) < 4.78 is 89.4. The number of alkyl halides is 3. The highest BCUT2D eigenvalue weighted by molar-refractivity contribution is 7.92. The van der Waals surface area contributed by atoms with E-state index >= 15 is 0 Å². The Hall–Kier alpha value is -2.54. The van der Waals surface area contributed by atoms with Crippen molar-refractivity contribution in [2.75, 3.05) is 59.5 Å².